The summed E-state index contributed by atoms with van der Waals surface area (Å²) in [6.45, 7) is 7.83. The van der Waals surface area contributed by atoms with Crippen molar-refractivity contribution in [2.75, 3.05) is 26.2 Å². The molecular formula is C22H37Cl2N3O2. The molecule has 2 unspecified atom stereocenters. The fraction of sp³-hybridized carbons (Fsp3) is 0.682. The summed E-state index contributed by atoms with van der Waals surface area (Å²) in [6, 6.07) is 8.54. The van der Waals surface area contributed by atoms with Gasteiger partial charge in [-0.1, -0.05) is 31.2 Å². The van der Waals surface area contributed by atoms with Crippen LogP contribution in [0, 0.1) is 11.8 Å². The van der Waals surface area contributed by atoms with E-state index in [0.29, 0.717) is 24.8 Å². The van der Waals surface area contributed by atoms with Crippen LogP contribution in [0.1, 0.15) is 50.2 Å². The van der Waals surface area contributed by atoms with Gasteiger partial charge in [0.15, 0.2) is 0 Å². The molecule has 0 saturated carbocycles. The number of amides is 1. The number of aliphatic hydroxyl groups is 1. The smallest absolute Gasteiger partial charge is 0.220 e. The lowest BCUT2D eigenvalue weighted by molar-refractivity contribution is -0.122. The maximum Gasteiger partial charge on any atom is 0.220 e. The van der Waals surface area contributed by atoms with Gasteiger partial charge in [-0.15, -0.1) is 24.8 Å². The van der Waals surface area contributed by atoms with Gasteiger partial charge in [0.1, 0.15) is 0 Å². The summed E-state index contributed by atoms with van der Waals surface area (Å²) in [7, 11) is 0. The van der Waals surface area contributed by atoms with Crippen molar-refractivity contribution in [3.05, 3.63) is 35.4 Å². The number of hydrogen-bond donors (Lipinski definition) is 3. The number of piperidine rings is 2. The molecule has 3 N–H and O–H groups in total. The molecule has 3 rings (SSSR count). The minimum atomic E-state index is -0.121. The van der Waals surface area contributed by atoms with E-state index in [0.717, 1.165) is 51.1 Å². The molecule has 2 atom stereocenters. The van der Waals surface area contributed by atoms with Crippen molar-refractivity contribution in [2.24, 2.45) is 11.8 Å². The van der Waals surface area contributed by atoms with Gasteiger partial charge in [-0.05, 0) is 61.7 Å². The maximum atomic E-state index is 12.3. The molecule has 2 saturated heterocycles. The van der Waals surface area contributed by atoms with E-state index in [1.165, 1.54) is 18.4 Å². The lowest BCUT2D eigenvalue weighted by Crippen LogP contribution is -2.35. The van der Waals surface area contributed by atoms with Crippen LogP contribution in [-0.4, -0.2) is 48.2 Å². The van der Waals surface area contributed by atoms with Crippen LogP contribution >= 0.6 is 24.8 Å². The molecule has 1 aromatic carbocycles. The Bertz CT molecular complexity index is 586. The molecular weight excluding hydrogens is 409 g/mol. The quantitative estimate of drug-likeness (QED) is 0.602. The Morgan fingerprint density at radius 2 is 1.83 bits per heavy atom. The third-order valence-corrected chi connectivity index (χ3v) is 6.12. The summed E-state index contributed by atoms with van der Waals surface area (Å²) in [5.74, 6) is 1.21. The van der Waals surface area contributed by atoms with Gasteiger partial charge in [-0.2, -0.15) is 0 Å². The van der Waals surface area contributed by atoms with E-state index in [4.69, 9.17) is 0 Å². The molecule has 1 amide bonds. The molecule has 2 heterocycles. The Labute approximate surface area is 187 Å². The molecule has 2 aliphatic rings. The molecule has 0 bridgehead atoms. The lowest BCUT2D eigenvalue weighted by Gasteiger charge is -2.29. The van der Waals surface area contributed by atoms with Crippen molar-refractivity contribution in [1.82, 2.24) is 15.5 Å². The third kappa shape index (κ3) is 8.81. The fourth-order valence-electron chi connectivity index (χ4n) is 4.19. The van der Waals surface area contributed by atoms with Crippen LogP contribution in [0.25, 0.3) is 0 Å². The van der Waals surface area contributed by atoms with Gasteiger partial charge in [0, 0.05) is 32.6 Å². The van der Waals surface area contributed by atoms with Gasteiger partial charge in [0.25, 0.3) is 0 Å². The zero-order chi connectivity index (χ0) is 19.1. The van der Waals surface area contributed by atoms with Crippen molar-refractivity contribution in [3.8, 4) is 0 Å². The van der Waals surface area contributed by atoms with Gasteiger partial charge in [0.2, 0.25) is 5.91 Å². The van der Waals surface area contributed by atoms with Crippen molar-refractivity contribution in [2.45, 2.75) is 58.2 Å². The highest BCUT2D eigenvalue weighted by Gasteiger charge is 2.22. The van der Waals surface area contributed by atoms with Crippen LogP contribution in [0.15, 0.2) is 24.3 Å². The highest BCUT2D eigenvalue weighted by atomic mass is 35.5. The summed E-state index contributed by atoms with van der Waals surface area (Å²) < 4.78 is 0. The number of aliphatic hydroxyl groups excluding tert-OH is 1. The second kappa shape index (κ2) is 13.5. The number of rotatable bonds is 7. The molecule has 0 radical (unpaired) electrons. The summed E-state index contributed by atoms with van der Waals surface area (Å²) in [6.07, 6.45) is 4.70. The molecule has 5 nitrogen and oxygen atoms in total. The summed E-state index contributed by atoms with van der Waals surface area (Å²) >= 11 is 0. The standard InChI is InChI=1S/C22H35N3O2.2ClH/c1-17(20-3-2-10-23-15-20)13-22(27)24-14-18-4-6-19(7-5-18)16-25-11-8-21(26)9-12-25;;/h4-7,17,20-21,23,26H,2-3,8-16H2,1H3,(H,24,27);2*1H. The van der Waals surface area contributed by atoms with Crippen LogP contribution in [0.2, 0.25) is 0 Å². The number of hydrogen-bond acceptors (Lipinski definition) is 4. The minimum absolute atomic E-state index is 0. The number of carbonyl (C=O) groups excluding carboxylic acids is 1. The Hall–Kier alpha value is -0.850. The molecule has 0 aliphatic carbocycles. The van der Waals surface area contributed by atoms with Crippen LogP contribution in [0.4, 0.5) is 0 Å². The number of halogens is 2. The Morgan fingerprint density at radius 1 is 1.17 bits per heavy atom. The SMILES string of the molecule is CC(CC(=O)NCc1ccc(CN2CCC(O)CC2)cc1)C1CCCNC1.Cl.Cl. The largest absolute Gasteiger partial charge is 0.393 e. The Morgan fingerprint density at radius 3 is 2.45 bits per heavy atom. The summed E-state index contributed by atoms with van der Waals surface area (Å²) in [5.41, 5.74) is 2.44. The number of nitrogens with zero attached hydrogens (tertiary/aromatic N) is 1. The molecule has 2 aliphatic heterocycles. The highest BCUT2D eigenvalue weighted by Crippen LogP contribution is 2.22. The molecule has 29 heavy (non-hydrogen) atoms. The molecule has 2 fully saturated rings. The van der Waals surface area contributed by atoms with Crippen molar-refractivity contribution in [1.29, 1.82) is 0 Å². The van der Waals surface area contributed by atoms with E-state index >= 15 is 0 Å². The predicted molar refractivity (Wildman–Crippen MR) is 123 cm³/mol. The maximum absolute atomic E-state index is 12.3. The Kier molecular flexibility index (Phi) is 12.1. The third-order valence-electron chi connectivity index (χ3n) is 6.12. The van der Waals surface area contributed by atoms with Crippen molar-refractivity contribution < 1.29 is 9.90 Å². The average molecular weight is 446 g/mol. The lowest BCUT2D eigenvalue weighted by atomic mass is 9.85. The van der Waals surface area contributed by atoms with E-state index in [1.807, 2.05) is 0 Å². The van der Waals surface area contributed by atoms with Crippen LogP contribution in [-0.2, 0) is 17.9 Å². The molecule has 0 aromatic heterocycles. The average Bonchev–Trinajstić information content (AvgIpc) is 2.70. The zero-order valence-electron chi connectivity index (χ0n) is 17.4. The first kappa shape index (κ1) is 26.2. The molecule has 0 spiro atoms. The number of nitrogens with one attached hydrogen (secondary N) is 2. The van der Waals surface area contributed by atoms with E-state index < -0.39 is 0 Å². The fourth-order valence-corrected chi connectivity index (χ4v) is 4.19. The number of benzene rings is 1. The summed E-state index contributed by atoms with van der Waals surface area (Å²) in [4.78, 5) is 14.7. The van der Waals surface area contributed by atoms with Crippen molar-refractivity contribution in [3.63, 3.8) is 0 Å². The van der Waals surface area contributed by atoms with Gasteiger partial charge in [0.05, 0.1) is 6.10 Å². The van der Waals surface area contributed by atoms with Gasteiger partial charge >= 0.3 is 0 Å². The first-order valence-corrected chi connectivity index (χ1v) is 10.6. The van der Waals surface area contributed by atoms with E-state index in [9.17, 15) is 9.90 Å². The zero-order valence-corrected chi connectivity index (χ0v) is 19.1. The van der Waals surface area contributed by atoms with Gasteiger partial charge in [-0.3, -0.25) is 9.69 Å². The molecule has 7 heteroatoms. The van der Waals surface area contributed by atoms with E-state index in [1.54, 1.807) is 0 Å². The van der Waals surface area contributed by atoms with Crippen LogP contribution in [0.3, 0.4) is 0 Å². The van der Waals surface area contributed by atoms with Crippen LogP contribution in [0.5, 0.6) is 0 Å². The molecule has 166 valence electrons. The van der Waals surface area contributed by atoms with E-state index in [-0.39, 0.29) is 36.8 Å². The minimum Gasteiger partial charge on any atom is -0.393 e. The van der Waals surface area contributed by atoms with Gasteiger partial charge < -0.3 is 15.7 Å². The highest BCUT2D eigenvalue weighted by molar-refractivity contribution is 5.85. The van der Waals surface area contributed by atoms with Crippen molar-refractivity contribution >= 4 is 30.7 Å². The predicted octanol–water partition coefficient (Wildman–Crippen LogP) is 3.13. The topological polar surface area (TPSA) is 64.6 Å². The molecule has 1 aromatic rings. The first-order chi connectivity index (χ1) is 13.1. The number of carbonyl (C=O) groups is 1. The first-order valence-electron chi connectivity index (χ1n) is 10.6. The second-order valence-corrected chi connectivity index (χ2v) is 8.39. The second-order valence-electron chi connectivity index (χ2n) is 8.39. The summed E-state index contributed by atoms with van der Waals surface area (Å²) in [5, 5.41) is 16.1. The Balaban J connectivity index is 0.00000210. The van der Waals surface area contributed by atoms with Crippen LogP contribution < -0.4 is 10.6 Å². The normalized spacial score (nSPS) is 21.5. The number of likely N-dealkylation sites (tertiary alicyclic amines) is 1. The van der Waals surface area contributed by atoms with E-state index in [2.05, 4.69) is 46.7 Å². The monoisotopic (exact) mass is 445 g/mol. The van der Waals surface area contributed by atoms with Gasteiger partial charge in [-0.25, -0.2) is 0 Å².